The highest BCUT2D eigenvalue weighted by molar-refractivity contribution is 7.97. The van der Waals surface area contributed by atoms with Crippen LogP contribution in [0.5, 0.6) is 0 Å². The van der Waals surface area contributed by atoms with Crippen molar-refractivity contribution < 1.29 is 4.52 Å². The number of rotatable bonds is 3. The Hall–Kier alpha value is -1.49. The lowest BCUT2D eigenvalue weighted by Gasteiger charge is -2.23. The largest absolute Gasteiger partial charge is 0.385 e. The van der Waals surface area contributed by atoms with Crippen LogP contribution in [0.25, 0.3) is 0 Å². The first-order valence-electron chi connectivity index (χ1n) is 6.02. The Balaban J connectivity index is 1.92. The molecule has 2 aromatic rings. The maximum absolute atomic E-state index is 5.41. The van der Waals surface area contributed by atoms with Gasteiger partial charge < -0.3 is 9.84 Å². The number of aromatic nitrogens is 2. The minimum atomic E-state index is 0.227. The van der Waals surface area contributed by atoms with Crippen molar-refractivity contribution in [2.24, 2.45) is 0 Å². The van der Waals surface area contributed by atoms with Gasteiger partial charge in [0.05, 0.1) is 11.7 Å². The Labute approximate surface area is 110 Å². The first-order valence-corrected chi connectivity index (χ1v) is 7.42. The van der Waals surface area contributed by atoms with Crippen LogP contribution in [0.1, 0.15) is 29.6 Å². The van der Waals surface area contributed by atoms with Crippen LogP contribution in [-0.2, 0) is 5.75 Å². The molecule has 2 heterocycles. The van der Waals surface area contributed by atoms with Crippen molar-refractivity contribution in [3.8, 4) is 0 Å². The van der Waals surface area contributed by atoms with E-state index in [4.69, 9.17) is 4.52 Å². The molecule has 0 amide bonds. The van der Waals surface area contributed by atoms with Crippen LogP contribution in [0.15, 0.2) is 28.8 Å². The van der Waals surface area contributed by atoms with Crippen molar-refractivity contribution in [3.63, 3.8) is 0 Å². The summed E-state index contributed by atoms with van der Waals surface area (Å²) in [6.45, 7) is 0.946. The topological polar surface area (TPSA) is 51.0 Å². The molecule has 94 valence electrons. The number of anilines is 1. The molecule has 5 heteroatoms. The van der Waals surface area contributed by atoms with Gasteiger partial charge >= 0.3 is 0 Å². The zero-order valence-electron chi connectivity index (χ0n) is 10.2. The number of thioether (sulfide) groups is 1. The van der Waals surface area contributed by atoms with Crippen molar-refractivity contribution in [1.29, 1.82) is 0 Å². The average Bonchev–Trinajstić information content (AvgIpc) is 2.87. The SMILES string of the molecule is CSCc1noc(C2CCNc3ccccc32)n1. The first kappa shape index (κ1) is 11.6. The molecule has 0 spiro atoms. The molecule has 3 rings (SSSR count). The molecule has 0 radical (unpaired) electrons. The summed E-state index contributed by atoms with van der Waals surface area (Å²) in [6, 6.07) is 8.32. The van der Waals surface area contributed by atoms with Gasteiger partial charge in [0.2, 0.25) is 5.89 Å². The van der Waals surface area contributed by atoms with Gasteiger partial charge in [-0.25, -0.2) is 0 Å². The van der Waals surface area contributed by atoms with Crippen LogP contribution in [0.4, 0.5) is 5.69 Å². The molecule has 1 unspecified atom stereocenters. The van der Waals surface area contributed by atoms with E-state index < -0.39 is 0 Å². The standard InChI is InChI=1S/C13H15N3OS/c1-18-8-12-15-13(17-16-12)10-6-7-14-11-5-3-2-4-9(10)11/h2-5,10,14H,6-8H2,1H3. The summed E-state index contributed by atoms with van der Waals surface area (Å²) in [5.74, 6) is 2.56. The van der Waals surface area contributed by atoms with E-state index in [-0.39, 0.29) is 5.92 Å². The summed E-state index contributed by atoms with van der Waals surface area (Å²) >= 11 is 1.70. The molecule has 1 aliphatic rings. The summed E-state index contributed by atoms with van der Waals surface area (Å²) in [5.41, 5.74) is 2.43. The van der Waals surface area contributed by atoms with Gasteiger partial charge in [0.25, 0.3) is 0 Å². The van der Waals surface area contributed by atoms with Gasteiger partial charge in [0, 0.05) is 12.2 Å². The number of nitrogens with one attached hydrogen (secondary N) is 1. The Morgan fingerprint density at radius 1 is 1.44 bits per heavy atom. The third-order valence-corrected chi connectivity index (χ3v) is 3.69. The molecule has 1 aromatic carbocycles. The Morgan fingerprint density at radius 3 is 3.22 bits per heavy atom. The van der Waals surface area contributed by atoms with Crippen molar-refractivity contribution in [3.05, 3.63) is 41.5 Å². The van der Waals surface area contributed by atoms with Crippen LogP contribution in [0, 0.1) is 0 Å². The Bertz CT molecular complexity index is 541. The van der Waals surface area contributed by atoms with Gasteiger partial charge in [-0.1, -0.05) is 23.4 Å². The number of fused-ring (bicyclic) bond motifs is 1. The van der Waals surface area contributed by atoms with Gasteiger partial charge in [-0.15, -0.1) is 0 Å². The van der Waals surface area contributed by atoms with E-state index >= 15 is 0 Å². The lowest BCUT2D eigenvalue weighted by Crippen LogP contribution is -2.17. The highest BCUT2D eigenvalue weighted by Gasteiger charge is 2.26. The van der Waals surface area contributed by atoms with E-state index in [1.807, 2.05) is 12.3 Å². The lowest BCUT2D eigenvalue weighted by atomic mass is 9.91. The van der Waals surface area contributed by atoms with Crippen molar-refractivity contribution in [2.45, 2.75) is 18.1 Å². The number of para-hydroxylation sites is 1. The third kappa shape index (κ3) is 2.10. The number of hydrogen-bond donors (Lipinski definition) is 1. The number of nitrogens with zero attached hydrogens (tertiary/aromatic N) is 2. The second-order valence-electron chi connectivity index (χ2n) is 4.34. The zero-order chi connectivity index (χ0) is 12.4. The van der Waals surface area contributed by atoms with Crippen LogP contribution in [0.3, 0.4) is 0 Å². The van der Waals surface area contributed by atoms with Gasteiger partial charge in [-0.05, 0) is 24.3 Å². The van der Waals surface area contributed by atoms with Crippen LogP contribution >= 0.6 is 11.8 Å². The molecule has 1 N–H and O–H groups in total. The van der Waals surface area contributed by atoms with E-state index in [9.17, 15) is 0 Å². The number of benzene rings is 1. The van der Waals surface area contributed by atoms with E-state index in [0.717, 1.165) is 30.4 Å². The van der Waals surface area contributed by atoms with E-state index in [1.165, 1.54) is 11.3 Å². The fraction of sp³-hybridized carbons (Fsp3) is 0.385. The summed E-state index contributed by atoms with van der Waals surface area (Å²) in [7, 11) is 0. The van der Waals surface area contributed by atoms with E-state index in [0.29, 0.717) is 0 Å². The maximum atomic E-state index is 5.41. The predicted molar refractivity (Wildman–Crippen MR) is 72.9 cm³/mol. The van der Waals surface area contributed by atoms with Gasteiger partial charge in [0.15, 0.2) is 5.82 Å². The monoisotopic (exact) mass is 261 g/mol. The number of hydrogen-bond acceptors (Lipinski definition) is 5. The first-order chi connectivity index (χ1) is 8.88. The summed E-state index contributed by atoms with van der Waals surface area (Å²) in [5, 5.41) is 7.43. The second kappa shape index (κ2) is 5.02. The molecule has 4 nitrogen and oxygen atoms in total. The van der Waals surface area contributed by atoms with Crippen LogP contribution in [-0.4, -0.2) is 22.9 Å². The van der Waals surface area contributed by atoms with E-state index in [1.54, 1.807) is 11.8 Å². The summed E-state index contributed by atoms with van der Waals surface area (Å²) in [4.78, 5) is 4.50. The molecule has 0 bridgehead atoms. The normalized spacial score (nSPS) is 18.2. The summed E-state index contributed by atoms with van der Waals surface area (Å²) < 4.78 is 5.41. The fourth-order valence-corrected chi connectivity index (χ4v) is 2.70. The molecule has 1 aliphatic heterocycles. The Kier molecular flexibility index (Phi) is 3.23. The predicted octanol–water partition coefficient (Wildman–Crippen LogP) is 2.88. The molecule has 1 aromatic heterocycles. The molecule has 0 aliphatic carbocycles. The van der Waals surface area contributed by atoms with Gasteiger partial charge in [0.1, 0.15) is 0 Å². The molecular weight excluding hydrogens is 246 g/mol. The van der Waals surface area contributed by atoms with Gasteiger partial charge in [-0.2, -0.15) is 16.7 Å². The minimum absolute atomic E-state index is 0.227. The smallest absolute Gasteiger partial charge is 0.234 e. The summed E-state index contributed by atoms with van der Waals surface area (Å²) in [6.07, 6.45) is 3.04. The van der Waals surface area contributed by atoms with Crippen molar-refractivity contribution in [2.75, 3.05) is 18.1 Å². The zero-order valence-corrected chi connectivity index (χ0v) is 11.0. The lowest BCUT2D eigenvalue weighted by molar-refractivity contribution is 0.357. The fourth-order valence-electron chi connectivity index (χ4n) is 2.32. The molecule has 0 saturated carbocycles. The van der Waals surface area contributed by atoms with Crippen LogP contribution in [0.2, 0.25) is 0 Å². The maximum Gasteiger partial charge on any atom is 0.234 e. The van der Waals surface area contributed by atoms with Crippen LogP contribution < -0.4 is 5.32 Å². The molecule has 0 fully saturated rings. The van der Waals surface area contributed by atoms with Gasteiger partial charge in [-0.3, -0.25) is 0 Å². The van der Waals surface area contributed by atoms with Crippen molar-refractivity contribution in [1.82, 2.24) is 10.1 Å². The average molecular weight is 261 g/mol. The highest BCUT2D eigenvalue weighted by atomic mass is 32.2. The molecular formula is C13H15N3OS. The van der Waals surface area contributed by atoms with E-state index in [2.05, 4.69) is 33.7 Å². The molecule has 1 atom stereocenters. The van der Waals surface area contributed by atoms with Crippen molar-refractivity contribution >= 4 is 17.4 Å². The highest BCUT2D eigenvalue weighted by Crippen LogP contribution is 2.35. The Morgan fingerprint density at radius 2 is 2.33 bits per heavy atom. The third-order valence-electron chi connectivity index (χ3n) is 3.14. The quantitative estimate of drug-likeness (QED) is 0.920. The molecule has 0 saturated heterocycles. The molecule has 18 heavy (non-hydrogen) atoms. The second-order valence-corrected chi connectivity index (χ2v) is 5.20. The minimum Gasteiger partial charge on any atom is -0.385 e.